The number of anilines is 1. The molecule has 2 atom stereocenters. The summed E-state index contributed by atoms with van der Waals surface area (Å²) in [5, 5.41) is 13.5. The molecular weight excluding hydrogens is 593 g/mol. The highest BCUT2D eigenvalue weighted by molar-refractivity contribution is 5.99. The molecule has 2 fully saturated rings. The van der Waals surface area contributed by atoms with E-state index in [0.717, 1.165) is 25.3 Å². The summed E-state index contributed by atoms with van der Waals surface area (Å²) in [5.41, 5.74) is -2.46. The Bertz CT molecular complexity index is 1390. The van der Waals surface area contributed by atoms with E-state index in [1.807, 2.05) is 0 Å². The molecule has 0 saturated heterocycles. The van der Waals surface area contributed by atoms with Crippen molar-refractivity contribution in [3.05, 3.63) is 53.1 Å². The third kappa shape index (κ3) is 7.49. The molecule has 0 heterocycles. The summed E-state index contributed by atoms with van der Waals surface area (Å²) in [6.07, 6.45) is -6.39. The van der Waals surface area contributed by atoms with Gasteiger partial charge in [-0.2, -0.15) is 13.2 Å². The highest BCUT2D eigenvalue weighted by atomic mass is 19.4. The van der Waals surface area contributed by atoms with Gasteiger partial charge < -0.3 is 25.2 Å². The molecule has 2 aromatic rings. The number of hydrogen-bond donors (Lipinski definition) is 3. The normalized spacial score (nSPS) is 23.3. The molecule has 2 saturated carbocycles. The Morgan fingerprint density at radius 3 is 2.23 bits per heavy atom. The van der Waals surface area contributed by atoms with Crippen molar-refractivity contribution in [3.63, 3.8) is 0 Å². The summed E-state index contributed by atoms with van der Waals surface area (Å²) >= 11 is 0. The second-order valence-corrected chi connectivity index (χ2v) is 10.5. The molecule has 43 heavy (non-hydrogen) atoms. The Morgan fingerprint density at radius 2 is 1.63 bits per heavy atom. The number of carbonyl (C=O) groups is 3. The van der Waals surface area contributed by atoms with Crippen LogP contribution in [0.25, 0.3) is 0 Å². The maximum Gasteiger partial charge on any atom is 0.419 e. The number of hydrogen-bond acceptors (Lipinski definition) is 5. The average Bonchev–Trinajstić information content (AvgIpc) is 3.23. The molecule has 0 aliphatic heterocycles. The van der Waals surface area contributed by atoms with Gasteiger partial charge in [-0.25, -0.2) is 17.6 Å². The molecule has 2 aliphatic carbocycles. The van der Waals surface area contributed by atoms with Gasteiger partial charge in [0.2, 0.25) is 5.91 Å². The molecule has 0 bridgehead atoms. The first-order valence-electron chi connectivity index (χ1n) is 13.2. The van der Waals surface area contributed by atoms with Gasteiger partial charge in [0, 0.05) is 30.6 Å². The van der Waals surface area contributed by atoms with Gasteiger partial charge in [0.1, 0.15) is 11.6 Å². The lowest BCUT2D eigenvalue weighted by Crippen LogP contribution is -2.42. The first-order chi connectivity index (χ1) is 20.1. The predicted molar refractivity (Wildman–Crippen MR) is 136 cm³/mol. The minimum Gasteiger partial charge on any atom is -0.496 e. The van der Waals surface area contributed by atoms with Crippen molar-refractivity contribution in [2.24, 2.45) is 11.8 Å². The first kappa shape index (κ1) is 31.9. The largest absolute Gasteiger partial charge is 0.496 e. The van der Waals surface area contributed by atoms with Crippen molar-refractivity contribution < 1.29 is 59.7 Å². The van der Waals surface area contributed by atoms with E-state index in [1.165, 1.54) is 0 Å². The van der Waals surface area contributed by atoms with Gasteiger partial charge in [-0.1, -0.05) is 0 Å². The lowest BCUT2D eigenvalue weighted by Gasteiger charge is -2.27. The van der Waals surface area contributed by atoms with Crippen LogP contribution in [0.4, 0.5) is 36.4 Å². The Hall–Kier alpha value is -4.04. The molecule has 234 valence electrons. The van der Waals surface area contributed by atoms with Gasteiger partial charge in [-0.15, -0.1) is 0 Å². The molecule has 0 radical (unpaired) electrons. The van der Waals surface area contributed by atoms with Gasteiger partial charge >= 0.3 is 12.1 Å². The summed E-state index contributed by atoms with van der Waals surface area (Å²) < 4.78 is 107. The number of carboxylic acid groups (broad SMARTS) is 1. The number of nitrogens with one attached hydrogen (secondary N) is 2. The van der Waals surface area contributed by atoms with E-state index in [1.54, 1.807) is 0 Å². The third-order valence-corrected chi connectivity index (χ3v) is 7.53. The molecule has 2 amide bonds. The number of ether oxygens (including phenoxy) is 2. The van der Waals surface area contributed by atoms with Crippen LogP contribution in [0.1, 0.15) is 54.4 Å². The van der Waals surface area contributed by atoms with Gasteiger partial charge in [0.05, 0.1) is 36.2 Å². The number of carboxylic acids is 1. The van der Waals surface area contributed by atoms with Crippen LogP contribution in [0, 0.1) is 23.5 Å². The number of rotatable bonds is 8. The standard InChI is InChI=1S/C28H27F7N2O6/c1-42-22-10-20(30)23(43-15-5-2-13(3-6-15)26(40)41)9-16(22)24(38)37-21-12-27(31,32)11-17(21)25(39)36-14-4-7-19(29)18(8-14)28(33,34)35/h4,7-10,13,15,17,21H,2-3,5-6,11-12H2,1H3,(H,36,39)(H,37,38)(H,40,41)/t13-,15+,17-,21+/m0/s1. The van der Waals surface area contributed by atoms with E-state index in [2.05, 4.69) is 10.6 Å². The van der Waals surface area contributed by atoms with Crippen LogP contribution in [0.5, 0.6) is 11.5 Å². The molecule has 0 spiro atoms. The Kier molecular flexibility index (Phi) is 9.11. The minimum atomic E-state index is -5.07. The zero-order chi connectivity index (χ0) is 31.7. The fourth-order valence-electron chi connectivity index (χ4n) is 5.32. The van der Waals surface area contributed by atoms with E-state index in [9.17, 15) is 45.1 Å². The van der Waals surface area contributed by atoms with Crippen molar-refractivity contribution >= 4 is 23.5 Å². The van der Waals surface area contributed by atoms with Crippen molar-refractivity contribution in [3.8, 4) is 11.5 Å². The van der Waals surface area contributed by atoms with Crippen LogP contribution in [-0.4, -0.2) is 48.1 Å². The monoisotopic (exact) mass is 620 g/mol. The third-order valence-electron chi connectivity index (χ3n) is 7.53. The lowest BCUT2D eigenvalue weighted by atomic mass is 9.87. The summed E-state index contributed by atoms with van der Waals surface area (Å²) in [7, 11) is 1.14. The SMILES string of the molecule is COc1cc(F)c(O[C@H]2CC[C@@H](C(=O)O)CC2)cc1C(=O)N[C@@H]1CC(F)(F)C[C@@H]1C(=O)Nc1ccc(F)c(C(F)(F)F)c1. The summed E-state index contributed by atoms with van der Waals surface area (Å²) in [4.78, 5) is 37.3. The van der Waals surface area contributed by atoms with Gasteiger partial charge in [0.15, 0.2) is 11.6 Å². The highest BCUT2D eigenvalue weighted by Gasteiger charge is 2.50. The van der Waals surface area contributed by atoms with E-state index < -0.39 is 89.6 Å². The Morgan fingerprint density at radius 1 is 0.953 bits per heavy atom. The van der Waals surface area contributed by atoms with Crippen LogP contribution < -0.4 is 20.1 Å². The quantitative estimate of drug-likeness (QED) is 0.322. The van der Waals surface area contributed by atoms with Gasteiger partial charge in [-0.05, 0) is 49.9 Å². The van der Waals surface area contributed by atoms with Crippen molar-refractivity contribution in [2.75, 3.05) is 12.4 Å². The highest BCUT2D eigenvalue weighted by Crippen LogP contribution is 2.41. The van der Waals surface area contributed by atoms with E-state index >= 15 is 0 Å². The van der Waals surface area contributed by atoms with Crippen LogP contribution in [0.3, 0.4) is 0 Å². The smallest absolute Gasteiger partial charge is 0.419 e. The molecule has 0 aromatic heterocycles. The first-order valence-corrected chi connectivity index (χ1v) is 13.2. The van der Waals surface area contributed by atoms with E-state index in [4.69, 9.17) is 14.6 Å². The number of alkyl halides is 5. The minimum absolute atomic E-state index is 0.270. The summed E-state index contributed by atoms with van der Waals surface area (Å²) in [5.74, 6) is -11.8. The van der Waals surface area contributed by atoms with Gasteiger partial charge in [-0.3, -0.25) is 14.4 Å². The van der Waals surface area contributed by atoms with Crippen LogP contribution >= 0.6 is 0 Å². The predicted octanol–water partition coefficient (Wildman–Crippen LogP) is 5.80. The number of benzene rings is 2. The van der Waals surface area contributed by atoms with E-state index in [-0.39, 0.29) is 17.1 Å². The fraction of sp³-hybridized carbons (Fsp3) is 0.464. The molecule has 3 N–H and O–H groups in total. The fourth-order valence-corrected chi connectivity index (χ4v) is 5.32. The second-order valence-electron chi connectivity index (χ2n) is 10.5. The number of aliphatic carboxylic acids is 1. The Balaban J connectivity index is 1.51. The number of carbonyl (C=O) groups excluding carboxylic acids is 2. The maximum absolute atomic E-state index is 14.8. The molecule has 2 aliphatic rings. The second kappa shape index (κ2) is 12.3. The molecule has 0 unspecified atom stereocenters. The zero-order valence-electron chi connectivity index (χ0n) is 22.6. The topological polar surface area (TPSA) is 114 Å². The maximum atomic E-state index is 14.8. The van der Waals surface area contributed by atoms with Crippen molar-refractivity contribution in [2.45, 2.75) is 62.8 Å². The average molecular weight is 621 g/mol. The Labute approximate surface area is 240 Å². The lowest BCUT2D eigenvalue weighted by molar-refractivity contribution is -0.143. The van der Waals surface area contributed by atoms with Crippen LogP contribution in [0.15, 0.2) is 30.3 Å². The summed E-state index contributed by atoms with van der Waals surface area (Å²) in [6, 6.07) is 2.00. The zero-order valence-corrected chi connectivity index (χ0v) is 22.6. The van der Waals surface area contributed by atoms with E-state index in [0.29, 0.717) is 37.8 Å². The van der Waals surface area contributed by atoms with Crippen molar-refractivity contribution in [1.29, 1.82) is 0 Å². The number of halogens is 7. The summed E-state index contributed by atoms with van der Waals surface area (Å²) in [6.45, 7) is 0. The molecule has 4 rings (SSSR count). The van der Waals surface area contributed by atoms with Gasteiger partial charge in [0.25, 0.3) is 11.8 Å². The molecule has 2 aromatic carbocycles. The van der Waals surface area contributed by atoms with Crippen LogP contribution in [0.2, 0.25) is 0 Å². The van der Waals surface area contributed by atoms with Crippen LogP contribution in [-0.2, 0) is 15.8 Å². The van der Waals surface area contributed by atoms with Crippen molar-refractivity contribution in [1.82, 2.24) is 5.32 Å². The molecule has 15 heteroatoms. The number of methoxy groups -OCH3 is 1. The molecule has 8 nitrogen and oxygen atoms in total. The molecular formula is C28H27F7N2O6. The number of amides is 2.